The summed E-state index contributed by atoms with van der Waals surface area (Å²) in [5.74, 6) is 0. The van der Waals surface area contributed by atoms with Crippen LogP contribution in [0.1, 0.15) is 39.5 Å². The third kappa shape index (κ3) is 8.82. The van der Waals surface area contributed by atoms with Crippen LogP contribution in [0.25, 0.3) is 0 Å². The van der Waals surface area contributed by atoms with Gasteiger partial charge in [0.1, 0.15) is 0 Å². The second-order valence-electron chi connectivity index (χ2n) is 4.10. The van der Waals surface area contributed by atoms with E-state index in [9.17, 15) is 0 Å². The molecule has 0 saturated heterocycles. The minimum absolute atomic E-state index is 0.421. The van der Waals surface area contributed by atoms with Crippen LogP contribution < -0.4 is 0 Å². The molecule has 0 saturated carbocycles. The SMILES string of the molecule is CCCCOC([CH2][Hg])C([CH2][Hg])OCCCC. The van der Waals surface area contributed by atoms with Gasteiger partial charge in [0.2, 0.25) is 0 Å². The zero-order valence-electron chi connectivity index (χ0n) is 11.0. The van der Waals surface area contributed by atoms with Crippen molar-refractivity contribution in [1.82, 2.24) is 0 Å². The Labute approximate surface area is 133 Å². The fourth-order valence-corrected chi connectivity index (χ4v) is 5.70. The van der Waals surface area contributed by atoms with Crippen LogP contribution in [0.5, 0.6) is 0 Å². The summed E-state index contributed by atoms with van der Waals surface area (Å²) in [6.07, 6.45) is 5.68. The first-order valence-corrected chi connectivity index (χ1v) is 14.4. The van der Waals surface area contributed by atoms with Crippen molar-refractivity contribution < 1.29 is 61.7 Å². The van der Waals surface area contributed by atoms with Gasteiger partial charge in [0.25, 0.3) is 0 Å². The van der Waals surface area contributed by atoms with Crippen molar-refractivity contribution in [2.24, 2.45) is 0 Å². The third-order valence-corrected chi connectivity index (χ3v) is 7.07. The third-order valence-electron chi connectivity index (χ3n) is 2.64. The van der Waals surface area contributed by atoms with Crippen LogP contribution in [0.15, 0.2) is 0 Å². The quantitative estimate of drug-likeness (QED) is 0.268. The summed E-state index contributed by atoms with van der Waals surface area (Å²) in [6, 6.07) is 0. The summed E-state index contributed by atoms with van der Waals surface area (Å²) in [5.41, 5.74) is 0. The number of unbranched alkanes of at least 4 members (excludes halogenated alkanes) is 2. The molecule has 0 aliphatic rings. The molecule has 0 N–H and O–H groups in total. The molecule has 0 spiro atoms. The molecule has 0 aliphatic carbocycles. The summed E-state index contributed by atoms with van der Waals surface area (Å²) in [5, 5.41) is 0. The Morgan fingerprint density at radius 1 is 0.812 bits per heavy atom. The molecule has 0 heterocycles. The van der Waals surface area contributed by atoms with E-state index < -0.39 is 0 Å². The second-order valence-corrected chi connectivity index (χ2v) is 8.59. The molecule has 88 valence electrons. The fourth-order valence-electron chi connectivity index (χ4n) is 1.51. The first-order chi connectivity index (χ1) is 7.79. The monoisotopic (exact) mass is 604 g/mol. The summed E-state index contributed by atoms with van der Waals surface area (Å²) in [4.78, 5) is 0. The molecule has 0 amide bonds. The predicted octanol–water partition coefficient (Wildman–Crippen LogP) is 3.29. The topological polar surface area (TPSA) is 18.5 Å². The Balaban J connectivity index is 3.85. The van der Waals surface area contributed by atoms with Crippen LogP contribution in [0, 0.1) is 0 Å². The van der Waals surface area contributed by atoms with E-state index in [4.69, 9.17) is 9.47 Å². The van der Waals surface area contributed by atoms with Crippen LogP contribution in [0.3, 0.4) is 0 Å². The molecule has 2 nitrogen and oxygen atoms in total. The van der Waals surface area contributed by atoms with Crippen molar-refractivity contribution in [1.29, 1.82) is 0 Å². The molecule has 0 aromatic rings. The van der Waals surface area contributed by atoms with Gasteiger partial charge in [-0.3, -0.25) is 0 Å². The van der Waals surface area contributed by atoms with E-state index in [-0.39, 0.29) is 0 Å². The molecular weight excluding hydrogens is 577 g/mol. The van der Waals surface area contributed by atoms with Gasteiger partial charge in [-0.15, -0.1) is 0 Å². The fraction of sp³-hybridized carbons (Fsp3) is 1.00. The van der Waals surface area contributed by atoms with Crippen LogP contribution in [-0.4, -0.2) is 25.4 Å². The van der Waals surface area contributed by atoms with Crippen molar-refractivity contribution in [2.75, 3.05) is 13.2 Å². The molecule has 0 rings (SSSR count). The van der Waals surface area contributed by atoms with Gasteiger partial charge in [0.05, 0.1) is 0 Å². The molecule has 0 radical (unpaired) electrons. The number of hydrogen-bond donors (Lipinski definition) is 0. The molecular formula is C12H24Hg2O2. The van der Waals surface area contributed by atoms with Gasteiger partial charge in [-0.25, -0.2) is 0 Å². The molecule has 2 unspecified atom stereocenters. The maximum atomic E-state index is 5.97. The van der Waals surface area contributed by atoms with Gasteiger partial charge in [-0.2, -0.15) is 0 Å². The van der Waals surface area contributed by atoms with E-state index >= 15 is 0 Å². The van der Waals surface area contributed by atoms with Gasteiger partial charge >= 0.3 is 135 Å². The zero-order chi connectivity index (χ0) is 12.2. The normalized spacial score (nSPS) is 15.1. The standard InChI is InChI=1S/C12H24O2.2Hg/c1-5-7-9-13-11(3)12(4)14-10-8-6-2;;/h11-12H,3-10H2,1-2H3;;. The number of hydrogen-bond acceptors (Lipinski definition) is 2. The Hall–Kier alpha value is 1.79. The van der Waals surface area contributed by atoms with Gasteiger partial charge in [-0.05, 0) is 0 Å². The predicted molar refractivity (Wildman–Crippen MR) is 58.9 cm³/mol. The zero-order valence-corrected chi connectivity index (χ0v) is 22.0. The first kappa shape index (κ1) is 17.8. The van der Waals surface area contributed by atoms with Crippen LogP contribution in [0.2, 0.25) is 7.86 Å². The van der Waals surface area contributed by atoms with Crippen molar-refractivity contribution in [2.45, 2.75) is 59.6 Å². The van der Waals surface area contributed by atoms with E-state index in [1.807, 2.05) is 0 Å². The second kappa shape index (κ2) is 13.2. The van der Waals surface area contributed by atoms with E-state index in [0.29, 0.717) is 12.2 Å². The Kier molecular flexibility index (Phi) is 14.7. The molecule has 4 heteroatoms. The van der Waals surface area contributed by atoms with E-state index in [1.165, 1.54) is 33.5 Å². The summed E-state index contributed by atoms with van der Waals surface area (Å²) in [6.45, 7) is 6.29. The average molecular weight is 602 g/mol. The van der Waals surface area contributed by atoms with Crippen molar-refractivity contribution >= 4 is 0 Å². The number of rotatable bonds is 11. The summed E-state index contributed by atoms with van der Waals surface area (Å²) >= 11 is 1.65. The van der Waals surface area contributed by atoms with Crippen molar-refractivity contribution in [3.63, 3.8) is 0 Å². The Morgan fingerprint density at radius 2 is 1.19 bits per heavy atom. The minimum atomic E-state index is 0.421. The van der Waals surface area contributed by atoms with E-state index in [2.05, 4.69) is 13.8 Å². The van der Waals surface area contributed by atoms with Crippen LogP contribution in [-0.2, 0) is 61.7 Å². The van der Waals surface area contributed by atoms with Crippen LogP contribution >= 0.6 is 0 Å². The van der Waals surface area contributed by atoms with E-state index in [0.717, 1.165) is 65.5 Å². The molecule has 0 aromatic heterocycles. The van der Waals surface area contributed by atoms with Gasteiger partial charge in [-0.1, -0.05) is 0 Å². The molecule has 0 aliphatic heterocycles. The first-order valence-electron chi connectivity index (χ1n) is 6.61. The summed E-state index contributed by atoms with van der Waals surface area (Å²) in [7, 11) is 0. The van der Waals surface area contributed by atoms with Crippen molar-refractivity contribution in [3.05, 3.63) is 0 Å². The van der Waals surface area contributed by atoms with Gasteiger partial charge in [0, 0.05) is 0 Å². The van der Waals surface area contributed by atoms with Crippen LogP contribution in [0.4, 0.5) is 0 Å². The maximum absolute atomic E-state index is 5.97. The van der Waals surface area contributed by atoms with E-state index in [1.54, 1.807) is 0 Å². The molecule has 0 aromatic carbocycles. The molecule has 0 bridgehead atoms. The number of ether oxygens (including phenoxy) is 2. The summed E-state index contributed by atoms with van der Waals surface area (Å²) < 4.78 is 14.5. The average Bonchev–Trinajstić information content (AvgIpc) is 2.31. The Bertz CT molecular complexity index is 129. The molecule has 0 fully saturated rings. The molecule has 2 atom stereocenters. The van der Waals surface area contributed by atoms with Crippen molar-refractivity contribution in [3.8, 4) is 0 Å². The van der Waals surface area contributed by atoms with Gasteiger partial charge < -0.3 is 0 Å². The Morgan fingerprint density at radius 3 is 1.44 bits per heavy atom. The van der Waals surface area contributed by atoms with Gasteiger partial charge in [0.15, 0.2) is 0 Å². The molecule has 16 heavy (non-hydrogen) atoms.